The van der Waals surface area contributed by atoms with Crippen molar-refractivity contribution < 1.29 is 14.3 Å². The summed E-state index contributed by atoms with van der Waals surface area (Å²) >= 11 is 12.1. The molecule has 0 aliphatic carbocycles. The van der Waals surface area contributed by atoms with E-state index in [1.165, 1.54) is 6.07 Å². The molecule has 23 heavy (non-hydrogen) atoms. The molecular weight excluding hydrogens is 337 g/mol. The van der Waals surface area contributed by atoms with Gasteiger partial charge in [0.1, 0.15) is 6.61 Å². The molecule has 1 amide bonds. The Balaban J connectivity index is 2.34. The summed E-state index contributed by atoms with van der Waals surface area (Å²) in [5.41, 5.74) is 0.983. The summed E-state index contributed by atoms with van der Waals surface area (Å²) in [4.78, 5) is 24.5. The van der Waals surface area contributed by atoms with Crippen molar-refractivity contribution >= 4 is 40.6 Å². The molecule has 1 N–H and O–H groups in total. The van der Waals surface area contributed by atoms with Crippen LogP contribution in [0.15, 0.2) is 42.5 Å². The Labute approximate surface area is 144 Å². The first kappa shape index (κ1) is 17.5. The molecule has 0 saturated heterocycles. The minimum absolute atomic E-state index is 0.0845. The van der Waals surface area contributed by atoms with E-state index in [9.17, 15) is 9.59 Å². The number of nitrogens with one attached hydrogen (secondary N) is 1. The second-order valence-corrected chi connectivity index (χ2v) is 5.53. The van der Waals surface area contributed by atoms with Gasteiger partial charge in [-0.1, -0.05) is 35.3 Å². The number of rotatable bonds is 6. The fraction of sp³-hybridized carbons (Fsp3) is 0.176. The number of carbonyl (C=O) groups excluding carboxylic acids is 2. The van der Waals surface area contributed by atoms with Gasteiger partial charge < -0.3 is 10.1 Å². The van der Waals surface area contributed by atoms with E-state index < -0.39 is 0 Å². The summed E-state index contributed by atoms with van der Waals surface area (Å²) in [6.07, 6.45) is 0. The van der Waals surface area contributed by atoms with Crippen LogP contribution in [0, 0.1) is 0 Å². The predicted molar refractivity (Wildman–Crippen MR) is 91.5 cm³/mol. The van der Waals surface area contributed by atoms with Crippen molar-refractivity contribution in [3.8, 4) is 0 Å². The van der Waals surface area contributed by atoms with E-state index in [2.05, 4.69) is 5.32 Å². The zero-order chi connectivity index (χ0) is 16.8. The fourth-order valence-electron chi connectivity index (χ4n) is 1.98. The molecule has 6 heteroatoms. The van der Waals surface area contributed by atoms with Crippen molar-refractivity contribution in [3.05, 3.63) is 63.6 Å². The lowest BCUT2D eigenvalue weighted by molar-refractivity contribution is -0.120. The number of amides is 1. The molecule has 0 unspecified atom stereocenters. The van der Waals surface area contributed by atoms with Gasteiger partial charge in [-0.3, -0.25) is 9.59 Å². The highest BCUT2D eigenvalue weighted by Gasteiger charge is 2.18. The van der Waals surface area contributed by atoms with Crippen molar-refractivity contribution in [2.75, 3.05) is 18.5 Å². The first-order valence-electron chi connectivity index (χ1n) is 6.99. The quantitative estimate of drug-likeness (QED) is 0.793. The predicted octanol–water partition coefficient (Wildman–Crippen LogP) is 4.20. The molecule has 2 aromatic rings. The Morgan fingerprint density at radius 3 is 2.52 bits per heavy atom. The third-order valence-corrected chi connectivity index (χ3v) is 3.62. The maximum absolute atomic E-state index is 12.7. The molecule has 2 aromatic carbocycles. The number of ketones is 1. The molecular formula is C17H15Cl2NO3. The first-order valence-corrected chi connectivity index (χ1v) is 7.75. The third-order valence-electron chi connectivity index (χ3n) is 3.06. The topological polar surface area (TPSA) is 55.4 Å². The van der Waals surface area contributed by atoms with E-state index in [4.69, 9.17) is 27.9 Å². The lowest BCUT2D eigenvalue weighted by Crippen LogP contribution is -2.20. The maximum atomic E-state index is 12.7. The molecule has 0 radical (unpaired) electrons. The number of ether oxygens (including phenoxy) is 1. The summed E-state index contributed by atoms with van der Waals surface area (Å²) in [7, 11) is 0. The van der Waals surface area contributed by atoms with Crippen molar-refractivity contribution in [2.45, 2.75) is 6.92 Å². The minimum atomic E-state index is -0.345. The van der Waals surface area contributed by atoms with Gasteiger partial charge in [0.25, 0.3) is 0 Å². The van der Waals surface area contributed by atoms with E-state index in [1.54, 1.807) is 43.3 Å². The van der Waals surface area contributed by atoms with Gasteiger partial charge in [0.05, 0.1) is 10.7 Å². The number of halogens is 2. The normalized spacial score (nSPS) is 10.4. The second-order valence-electron chi connectivity index (χ2n) is 4.68. The van der Waals surface area contributed by atoms with Crippen LogP contribution in [0.4, 0.5) is 5.69 Å². The van der Waals surface area contributed by atoms with Crippen molar-refractivity contribution in [1.29, 1.82) is 0 Å². The van der Waals surface area contributed by atoms with Crippen LogP contribution >= 0.6 is 23.2 Å². The van der Waals surface area contributed by atoms with E-state index in [-0.39, 0.29) is 23.9 Å². The Kier molecular flexibility index (Phi) is 6.16. The average molecular weight is 352 g/mol. The molecule has 2 rings (SSSR count). The van der Waals surface area contributed by atoms with Gasteiger partial charge in [0.2, 0.25) is 5.91 Å². The van der Waals surface area contributed by atoms with Crippen LogP contribution in [0.2, 0.25) is 10.0 Å². The Morgan fingerprint density at radius 1 is 1.09 bits per heavy atom. The molecule has 0 aromatic heterocycles. The van der Waals surface area contributed by atoms with Gasteiger partial charge in [-0.25, -0.2) is 0 Å². The molecule has 0 atom stereocenters. The fourth-order valence-corrected chi connectivity index (χ4v) is 2.38. The van der Waals surface area contributed by atoms with E-state index in [0.717, 1.165) is 0 Å². The largest absolute Gasteiger partial charge is 0.372 e. The Bertz CT molecular complexity index is 732. The van der Waals surface area contributed by atoms with Crippen LogP contribution < -0.4 is 5.32 Å². The SMILES string of the molecule is CCOCC(=O)Nc1ccc(Cl)cc1C(=O)c1ccccc1Cl. The number of hydrogen-bond donors (Lipinski definition) is 1. The Morgan fingerprint density at radius 2 is 1.83 bits per heavy atom. The number of carbonyl (C=O) groups is 2. The van der Waals surface area contributed by atoms with Gasteiger partial charge in [-0.05, 0) is 37.3 Å². The highest BCUT2D eigenvalue weighted by atomic mass is 35.5. The van der Waals surface area contributed by atoms with E-state index >= 15 is 0 Å². The van der Waals surface area contributed by atoms with Crippen LogP contribution in [0.5, 0.6) is 0 Å². The monoisotopic (exact) mass is 351 g/mol. The number of hydrogen-bond acceptors (Lipinski definition) is 3. The number of benzene rings is 2. The molecule has 0 fully saturated rings. The van der Waals surface area contributed by atoms with Gasteiger partial charge in [-0.2, -0.15) is 0 Å². The standard InChI is InChI=1S/C17H15Cl2NO3/c1-2-23-10-16(21)20-15-8-7-11(18)9-13(15)17(22)12-5-3-4-6-14(12)19/h3-9H,2,10H2,1H3,(H,20,21). The van der Waals surface area contributed by atoms with Crippen LogP contribution in [0.1, 0.15) is 22.8 Å². The molecule has 0 heterocycles. The molecule has 4 nitrogen and oxygen atoms in total. The van der Waals surface area contributed by atoms with Gasteiger partial charge in [0.15, 0.2) is 5.78 Å². The summed E-state index contributed by atoms with van der Waals surface area (Å²) in [5, 5.41) is 3.39. The zero-order valence-corrected chi connectivity index (χ0v) is 13.9. The second kappa shape index (κ2) is 8.11. The molecule has 0 spiro atoms. The maximum Gasteiger partial charge on any atom is 0.250 e. The van der Waals surface area contributed by atoms with Crippen LogP contribution in [0.3, 0.4) is 0 Å². The lowest BCUT2D eigenvalue weighted by atomic mass is 10.0. The molecule has 0 aliphatic rings. The van der Waals surface area contributed by atoms with Crippen LogP contribution in [-0.4, -0.2) is 24.9 Å². The number of anilines is 1. The third kappa shape index (κ3) is 4.55. The van der Waals surface area contributed by atoms with Crippen molar-refractivity contribution in [2.24, 2.45) is 0 Å². The lowest BCUT2D eigenvalue weighted by Gasteiger charge is -2.12. The average Bonchev–Trinajstić information content (AvgIpc) is 2.54. The summed E-state index contributed by atoms with van der Waals surface area (Å²) in [6, 6.07) is 11.4. The minimum Gasteiger partial charge on any atom is -0.372 e. The highest BCUT2D eigenvalue weighted by Crippen LogP contribution is 2.26. The molecule has 120 valence electrons. The smallest absolute Gasteiger partial charge is 0.250 e. The highest BCUT2D eigenvalue weighted by molar-refractivity contribution is 6.36. The van der Waals surface area contributed by atoms with Gasteiger partial charge >= 0.3 is 0 Å². The summed E-state index contributed by atoms with van der Waals surface area (Å²) < 4.78 is 5.05. The van der Waals surface area contributed by atoms with Crippen LogP contribution in [-0.2, 0) is 9.53 Å². The van der Waals surface area contributed by atoms with Crippen LogP contribution in [0.25, 0.3) is 0 Å². The van der Waals surface area contributed by atoms with Crippen molar-refractivity contribution in [3.63, 3.8) is 0 Å². The van der Waals surface area contributed by atoms with E-state index in [0.29, 0.717) is 27.9 Å². The summed E-state index contributed by atoms with van der Waals surface area (Å²) in [6.45, 7) is 2.14. The van der Waals surface area contributed by atoms with Gasteiger partial charge in [0, 0.05) is 22.8 Å². The van der Waals surface area contributed by atoms with E-state index in [1.807, 2.05) is 0 Å². The summed E-state index contributed by atoms with van der Waals surface area (Å²) in [5.74, 6) is -0.660. The molecule has 0 bridgehead atoms. The van der Waals surface area contributed by atoms with Gasteiger partial charge in [-0.15, -0.1) is 0 Å². The van der Waals surface area contributed by atoms with Crippen molar-refractivity contribution in [1.82, 2.24) is 0 Å². The molecule has 0 aliphatic heterocycles. The zero-order valence-electron chi connectivity index (χ0n) is 12.4. The Hall–Kier alpha value is -1.88. The first-order chi connectivity index (χ1) is 11.0. The molecule has 0 saturated carbocycles.